The van der Waals surface area contributed by atoms with Crippen molar-refractivity contribution in [2.75, 3.05) is 50.6 Å². The van der Waals surface area contributed by atoms with Crippen LogP contribution in [0.5, 0.6) is 0 Å². The zero-order valence-corrected chi connectivity index (χ0v) is 26.3. The number of carbonyl (C=O) groups is 2. The normalized spacial score (nSPS) is 18.6. The van der Waals surface area contributed by atoms with Gasteiger partial charge in [-0.05, 0) is 67.6 Å². The molecule has 1 spiro atoms. The van der Waals surface area contributed by atoms with E-state index in [0.29, 0.717) is 62.4 Å². The first-order valence-electron chi connectivity index (χ1n) is 15.7. The van der Waals surface area contributed by atoms with Crippen molar-refractivity contribution < 1.29 is 14.3 Å². The molecule has 2 aromatic carbocycles. The highest BCUT2D eigenvalue weighted by Gasteiger charge is 2.58. The quantitative estimate of drug-likeness (QED) is 0.303. The van der Waals surface area contributed by atoms with Crippen molar-refractivity contribution in [3.8, 4) is 0 Å². The number of hydrogen-bond acceptors (Lipinski definition) is 7. The van der Waals surface area contributed by atoms with Gasteiger partial charge in [0.15, 0.2) is 6.10 Å². The molecule has 2 aliphatic heterocycles. The van der Waals surface area contributed by atoms with Gasteiger partial charge in [0.05, 0.1) is 29.5 Å². The van der Waals surface area contributed by atoms with Crippen LogP contribution in [0.4, 0.5) is 11.4 Å². The molecule has 2 aromatic heterocycles. The van der Waals surface area contributed by atoms with Crippen LogP contribution in [0.3, 0.4) is 0 Å². The van der Waals surface area contributed by atoms with Gasteiger partial charge in [-0.15, -0.1) is 0 Å². The standard InChI is InChI=1S/C34H39N7O4/c1-22-9-14-35-41(22)16-11-30-36-27-20-24(39-17-18-45-29(21-39)32(43)37(2)3)6-7-25(27)31(42)40(30)15-10-23-5-8-26-28(19-23)38(4)33(44)34(26)12-13-34/h5-9,14,19-20,29H,10-13,15-18,21H2,1-4H3/t29-/m1/s1. The Morgan fingerprint density at radius 1 is 1.07 bits per heavy atom. The Kier molecular flexibility index (Phi) is 7.23. The fourth-order valence-corrected chi connectivity index (χ4v) is 6.84. The molecule has 1 aliphatic carbocycles. The van der Waals surface area contributed by atoms with Crippen LogP contribution in [-0.4, -0.2) is 83.0 Å². The number of carbonyl (C=O) groups excluding carboxylic acids is 2. The zero-order chi connectivity index (χ0) is 31.5. The average Bonchev–Trinajstić information content (AvgIpc) is 3.71. The first kappa shape index (κ1) is 29.2. The van der Waals surface area contributed by atoms with Crippen molar-refractivity contribution >= 4 is 34.1 Å². The summed E-state index contributed by atoms with van der Waals surface area (Å²) in [5, 5.41) is 4.99. The van der Waals surface area contributed by atoms with E-state index in [-0.39, 0.29) is 22.8 Å². The molecule has 4 aromatic rings. The van der Waals surface area contributed by atoms with Crippen LogP contribution in [0, 0.1) is 6.92 Å². The van der Waals surface area contributed by atoms with Crippen molar-refractivity contribution in [3.05, 3.63) is 81.7 Å². The molecule has 2 amide bonds. The minimum absolute atomic E-state index is 0.0636. The van der Waals surface area contributed by atoms with Gasteiger partial charge < -0.3 is 19.4 Å². The van der Waals surface area contributed by atoms with Crippen molar-refractivity contribution in [1.29, 1.82) is 0 Å². The molecule has 4 heterocycles. The van der Waals surface area contributed by atoms with Crippen LogP contribution < -0.4 is 15.4 Å². The Bertz CT molecular complexity index is 1870. The second-order valence-electron chi connectivity index (χ2n) is 12.7. The predicted octanol–water partition coefficient (Wildman–Crippen LogP) is 2.69. The third-order valence-electron chi connectivity index (χ3n) is 9.67. The molecular formula is C34H39N7O4. The van der Waals surface area contributed by atoms with E-state index in [9.17, 15) is 14.4 Å². The van der Waals surface area contributed by atoms with Crippen molar-refractivity contribution in [1.82, 2.24) is 24.2 Å². The summed E-state index contributed by atoms with van der Waals surface area (Å²) in [5.41, 5.74) is 5.41. The molecule has 0 N–H and O–H groups in total. The van der Waals surface area contributed by atoms with Gasteiger partial charge in [-0.25, -0.2) is 4.98 Å². The molecule has 0 unspecified atom stereocenters. The first-order chi connectivity index (χ1) is 21.7. The third-order valence-corrected chi connectivity index (χ3v) is 9.67. The van der Waals surface area contributed by atoms with Crippen LogP contribution >= 0.6 is 0 Å². The molecule has 1 saturated carbocycles. The number of anilines is 2. The molecule has 234 valence electrons. The number of aryl methyl sites for hydroxylation is 4. The van der Waals surface area contributed by atoms with Crippen LogP contribution in [0.2, 0.25) is 0 Å². The highest BCUT2D eigenvalue weighted by molar-refractivity contribution is 6.09. The second kappa shape index (κ2) is 11.1. The first-order valence-corrected chi connectivity index (χ1v) is 15.7. The molecule has 45 heavy (non-hydrogen) atoms. The molecule has 11 heteroatoms. The lowest BCUT2D eigenvalue weighted by atomic mass is 9.96. The summed E-state index contributed by atoms with van der Waals surface area (Å²) in [4.78, 5) is 50.0. The lowest BCUT2D eigenvalue weighted by Gasteiger charge is -2.34. The average molecular weight is 610 g/mol. The molecule has 0 bridgehead atoms. The van der Waals surface area contributed by atoms with Crippen LogP contribution in [0.1, 0.15) is 35.5 Å². The lowest BCUT2D eigenvalue weighted by molar-refractivity contribution is -0.141. The van der Waals surface area contributed by atoms with Crippen LogP contribution in [0.15, 0.2) is 53.5 Å². The number of amides is 2. The van der Waals surface area contributed by atoms with E-state index < -0.39 is 6.10 Å². The van der Waals surface area contributed by atoms with Gasteiger partial charge in [0.2, 0.25) is 5.91 Å². The summed E-state index contributed by atoms with van der Waals surface area (Å²) in [6.07, 6.45) is 4.25. The highest BCUT2D eigenvalue weighted by atomic mass is 16.5. The maximum Gasteiger partial charge on any atom is 0.261 e. The minimum Gasteiger partial charge on any atom is -0.366 e. The van der Waals surface area contributed by atoms with Gasteiger partial charge in [-0.3, -0.25) is 23.6 Å². The van der Waals surface area contributed by atoms with E-state index in [4.69, 9.17) is 9.72 Å². The summed E-state index contributed by atoms with van der Waals surface area (Å²) >= 11 is 0. The number of fused-ring (bicyclic) bond motifs is 3. The maximum atomic E-state index is 14.0. The molecular weight excluding hydrogens is 570 g/mol. The van der Waals surface area contributed by atoms with Gasteiger partial charge in [0.25, 0.3) is 11.5 Å². The van der Waals surface area contributed by atoms with Crippen LogP contribution in [-0.2, 0) is 45.7 Å². The summed E-state index contributed by atoms with van der Waals surface area (Å²) in [6, 6.07) is 14.0. The number of likely N-dealkylation sites (N-methyl/N-ethyl adjacent to an activating group) is 2. The number of nitrogens with zero attached hydrogens (tertiary/aromatic N) is 7. The summed E-state index contributed by atoms with van der Waals surface area (Å²) in [7, 11) is 5.32. The Balaban J connectivity index is 1.19. The lowest BCUT2D eigenvalue weighted by Crippen LogP contribution is -2.49. The molecule has 3 aliphatic rings. The third kappa shape index (κ3) is 5.08. The molecule has 2 fully saturated rings. The SMILES string of the molecule is Cc1ccnn1CCc1nc2cc(N3CCO[C@@H](C(=O)N(C)C)C3)ccc2c(=O)n1CCc1ccc2c(c1)N(C)C(=O)C21CC1. The van der Waals surface area contributed by atoms with Crippen molar-refractivity contribution in [2.45, 2.75) is 57.2 Å². The Morgan fingerprint density at radius 3 is 2.62 bits per heavy atom. The van der Waals surface area contributed by atoms with Crippen molar-refractivity contribution in [3.63, 3.8) is 0 Å². The largest absolute Gasteiger partial charge is 0.366 e. The fraction of sp³-hybridized carbons (Fsp3) is 0.441. The molecule has 1 saturated heterocycles. The minimum atomic E-state index is -0.537. The Hall–Kier alpha value is -4.51. The maximum absolute atomic E-state index is 14.0. The zero-order valence-electron chi connectivity index (χ0n) is 26.3. The summed E-state index contributed by atoms with van der Waals surface area (Å²) < 4.78 is 9.48. The highest BCUT2D eigenvalue weighted by Crippen LogP contribution is 2.57. The van der Waals surface area contributed by atoms with E-state index in [0.717, 1.165) is 41.0 Å². The summed E-state index contributed by atoms with van der Waals surface area (Å²) in [6.45, 7) is 4.61. The van der Waals surface area contributed by atoms with E-state index in [1.54, 1.807) is 34.7 Å². The molecule has 7 rings (SSSR count). The number of rotatable bonds is 8. The van der Waals surface area contributed by atoms with E-state index in [1.807, 2.05) is 42.9 Å². The number of morpholine rings is 1. The number of benzene rings is 2. The van der Waals surface area contributed by atoms with Gasteiger partial charge in [-0.1, -0.05) is 12.1 Å². The predicted molar refractivity (Wildman–Crippen MR) is 172 cm³/mol. The van der Waals surface area contributed by atoms with E-state index >= 15 is 0 Å². The topological polar surface area (TPSA) is 106 Å². The van der Waals surface area contributed by atoms with Gasteiger partial charge in [-0.2, -0.15) is 5.10 Å². The van der Waals surface area contributed by atoms with Gasteiger partial charge in [0, 0.05) is 70.5 Å². The van der Waals surface area contributed by atoms with Gasteiger partial charge >= 0.3 is 0 Å². The molecule has 0 radical (unpaired) electrons. The Labute approximate surface area is 262 Å². The number of ether oxygens (including phenoxy) is 1. The van der Waals surface area contributed by atoms with Crippen molar-refractivity contribution in [2.24, 2.45) is 0 Å². The van der Waals surface area contributed by atoms with E-state index in [1.165, 1.54) is 0 Å². The number of aromatic nitrogens is 4. The van der Waals surface area contributed by atoms with Gasteiger partial charge in [0.1, 0.15) is 5.82 Å². The van der Waals surface area contributed by atoms with Crippen LogP contribution in [0.25, 0.3) is 10.9 Å². The molecule has 11 nitrogen and oxygen atoms in total. The number of hydrogen-bond donors (Lipinski definition) is 0. The second-order valence-corrected chi connectivity index (χ2v) is 12.7. The monoisotopic (exact) mass is 609 g/mol. The summed E-state index contributed by atoms with van der Waals surface area (Å²) in [5.74, 6) is 0.830. The van der Waals surface area contributed by atoms with E-state index in [2.05, 4.69) is 28.2 Å². The Morgan fingerprint density at radius 2 is 1.89 bits per heavy atom. The fourth-order valence-electron chi connectivity index (χ4n) is 6.84. The smallest absolute Gasteiger partial charge is 0.261 e. The molecule has 1 atom stereocenters.